The number of likely N-dealkylation sites (N-methyl/N-ethyl adjacent to an activating group) is 1. The molecule has 0 spiro atoms. The molecule has 2 aromatic carbocycles. The number of nitrogens with zero attached hydrogens (tertiary/aromatic N) is 1. The standard InChI is InChI=1S/C18H24N2/c1-15-7-6-10-18(13-15)20(3)14-17-9-5-4-8-16(17)11-12-19-2/h4-10,13,19H,11-12,14H2,1-3H3. The van der Waals surface area contributed by atoms with E-state index in [-0.39, 0.29) is 0 Å². The highest BCUT2D eigenvalue weighted by molar-refractivity contribution is 5.48. The van der Waals surface area contributed by atoms with Gasteiger partial charge in [-0.05, 0) is 55.8 Å². The van der Waals surface area contributed by atoms with Crippen molar-refractivity contribution in [1.82, 2.24) is 5.32 Å². The van der Waals surface area contributed by atoms with Gasteiger partial charge in [0.2, 0.25) is 0 Å². The van der Waals surface area contributed by atoms with E-state index in [1.54, 1.807) is 0 Å². The molecular weight excluding hydrogens is 244 g/mol. The number of anilines is 1. The van der Waals surface area contributed by atoms with Gasteiger partial charge in [-0.2, -0.15) is 0 Å². The third-order valence-corrected chi connectivity index (χ3v) is 3.61. The Morgan fingerprint density at radius 1 is 1.00 bits per heavy atom. The molecule has 0 aromatic heterocycles. The highest BCUT2D eigenvalue weighted by Gasteiger charge is 2.06. The second-order valence-corrected chi connectivity index (χ2v) is 5.32. The predicted molar refractivity (Wildman–Crippen MR) is 87.4 cm³/mol. The molecule has 0 fully saturated rings. The second-order valence-electron chi connectivity index (χ2n) is 5.32. The van der Waals surface area contributed by atoms with Crippen LogP contribution in [0.2, 0.25) is 0 Å². The van der Waals surface area contributed by atoms with E-state index in [9.17, 15) is 0 Å². The summed E-state index contributed by atoms with van der Waals surface area (Å²) in [6.07, 6.45) is 1.08. The van der Waals surface area contributed by atoms with E-state index in [4.69, 9.17) is 0 Å². The van der Waals surface area contributed by atoms with Crippen LogP contribution in [0.4, 0.5) is 5.69 Å². The highest BCUT2D eigenvalue weighted by atomic mass is 15.1. The van der Waals surface area contributed by atoms with Crippen LogP contribution < -0.4 is 10.2 Å². The monoisotopic (exact) mass is 268 g/mol. The Labute approximate surface area is 122 Å². The van der Waals surface area contributed by atoms with Crippen LogP contribution >= 0.6 is 0 Å². The smallest absolute Gasteiger partial charge is 0.0428 e. The van der Waals surface area contributed by atoms with Crippen LogP contribution in [0.5, 0.6) is 0 Å². The van der Waals surface area contributed by atoms with E-state index in [0.717, 1.165) is 19.5 Å². The molecule has 0 aliphatic carbocycles. The van der Waals surface area contributed by atoms with Crippen molar-refractivity contribution >= 4 is 5.69 Å². The van der Waals surface area contributed by atoms with Crippen molar-refractivity contribution in [1.29, 1.82) is 0 Å². The number of aryl methyl sites for hydroxylation is 1. The molecule has 2 rings (SSSR count). The topological polar surface area (TPSA) is 15.3 Å². The Morgan fingerprint density at radius 3 is 2.45 bits per heavy atom. The first-order valence-electron chi connectivity index (χ1n) is 7.20. The zero-order chi connectivity index (χ0) is 14.4. The molecule has 0 saturated carbocycles. The van der Waals surface area contributed by atoms with Gasteiger partial charge in [-0.25, -0.2) is 0 Å². The maximum atomic E-state index is 3.22. The van der Waals surface area contributed by atoms with Crippen LogP contribution in [0.25, 0.3) is 0 Å². The van der Waals surface area contributed by atoms with E-state index in [1.165, 1.54) is 22.4 Å². The van der Waals surface area contributed by atoms with Gasteiger partial charge in [0.25, 0.3) is 0 Å². The average Bonchev–Trinajstić information content (AvgIpc) is 2.46. The first-order valence-corrected chi connectivity index (χ1v) is 7.20. The van der Waals surface area contributed by atoms with Crippen molar-refractivity contribution in [3.63, 3.8) is 0 Å². The lowest BCUT2D eigenvalue weighted by Crippen LogP contribution is -2.18. The van der Waals surface area contributed by atoms with Crippen LogP contribution in [0.1, 0.15) is 16.7 Å². The van der Waals surface area contributed by atoms with Crippen molar-refractivity contribution in [2.45, 2.75) is 19.9 Å². The van der Waals surface area contributed by atoms with Crippen molar-refractivity contribution in [3.05, 3.63) is 65.2 Å². The average molecular weight is 268 g/mol. The van der Waals surface area contributed by atoms with E-state index in [0.29, 0.717) is 0 Å². The van der Waals surface area contributed by atoms with Gasteiger partial charge in [0, 0.05) is 19.3 Å². The minimum atomic E-state index is 0.948. The molecule has 2 heteroatoms. The van der Waals surface area contributed by atoms with Crippen LogP contribution in [0, 0.1) is 6.92 Å². The number of benzene rings is 2. The molecule has 0 radical (unpaired) electrons. The Morgan fingerprint density at radius 2 is 1.75 bits per heavy atom. The van der Waals surface area contributed by atoms with Gasteiger partial charge in [-0.1, -0.05) is 36.4 Å². The fourth-order valence-corrected chi connectivity index (χ4v) is 2.43. The molecular formula is C18H24N2. The Bertz CT molecular complexity index is 549. The zero-order valence-electron chi connectivity index (χ0n) is 12.7. The van der Waals surface area contributed by atoms with Gasteiger partial charge >= 0.3 is 0 Å². The first kappa shape index (κ1) is 14.6. The van der Waals surface area contributed by atoms with Gasteiger partial charge in [0.05, 0.1) is 0 Å². The quantitative estimate of drug-likeness (QED) is 0.864. The van der Waals surface area contributed by atoms with Crippen molar-refractivity contribution in [3.8, 4) is 0 Å². The molecule has 2 aromatic rings. The number of hydrogen-bond donors (Lipinski definition) is 1. The fraction of sp³-hybridized carbons (Fsp3) is 0.333. The number of hydrogen-bond acceptors (Lipinski definition) is 2. The molecule has 0 heterocycles. The van der Waals surface area contributed by atoms with Gasteiger partial charge in [0.1, 0.15) is 0 Å². The molecule has 0 bridgehead atoms. The normalized spacial score (nSPS) is 10.6. The minimum Gasteiger partial charge on any atom is -0.370 e. The molecule has 106 valence electrons. The summed E-state index contributed by atoms with van der Waals surface area (Å²) in [5.74, 6) is 0. The second kappa shape index (κ2) is 7.11. The minimum absolute atomic E-state index is 0.948. The van der Waals surface area contributed by atoms with Gasteiger partial charge < -0.3 is 10.2 Å². The van der Waals surface area contributed by atoms with E-state index < -0.39 is 0 Å². The maximum absolute atomic E-state index is 3.22. The SMILES string of the molecule is CNCCc1ccccc1CN(C)c1cccc(C)c1. The molecule has 20 heavy (non-hydrogen) atoms. The third kappa shape index (κ3) is 3.84. The molecule has 0 amide bonds. The van der Waals surface area contributed by atoms with Crippen molar-refractivity contribution < 1.29 is 0 Å². The predicted octanol–water partition coefficient (Wildman–Crippen LogP) is 3.39. The molecule has 2 nitrogen and oxygen atoms in total. The summed E-state index contributed by atoms with van der Waals surface area (Å²) in [7, 11) is 4.16. The number of rotatable bonds is 6. The summed E-state index contributed by atoms with van der Waals surface area (Å²) in [6.45, 7) is 4.10. The lowest BCUT2D eigenvalue weighted by Gasteiger charge is -2.21. The highest BCUT2D eigenvalue weighted by Crippen LogP contribution is 2.19. The lowest BCUT2D eigenvalue weighted by molar-refractivity contribution is 0.780. The zero-order valence-corrected chi connectivity index (χ0v) is 12.7. The van der Waals surface area contributed by atoms with E-state index >= 15 is 0 Å². The summed E-state index contributed by atoms with van der Waals surface area (Å²) >= 11 is 0. The third-order valence-electron chi connectivity index (χ3n) is 3.61. The molecule has 0 saturated heterocycles. The molecule has 1 N–H and O–H groups in total. The first-order chi connectivity index (χ1) is 9.70. The Kier molecular flexibility index (Phi) is 5.19. The van der Waals surface area contributed by atoms with Crippen molar-refractivity contribution in [2.24, 2.45) is 0 Å². The summed E-state index contributed by atoms with van der Waals surface area (Å²) < 4.78 is 0. The lowest BCUT2D eigenvalue weighted by atomic mass is 10.0. The van der Waals surface area contributed by atoms with Crippen LogP contribution in [0.3, 0.4) is 0 Å². The summed E-state index contributed by atoms with van der Waals surface area (Å²) in [4.78, 5) is 2.31. The maximum Gasteiger partial charge on any atom is 0.0428 e. The molecule has 0 aliphatic rings. The van der Waals surface area contributed by atoms with E-state index in [2.05, 4.69) is 72.7 Å². The Balaban J connectivity index is 2.13. The van der Waals surface area contributed by atoms with Gasteiger partial charge in [-0.3, -0.25) is 0 Å². The van der Waals surface area contributed by atoms with Crippen molar-refractivity contribution in [2.75, 3.05) is 25.5 Å². The fourth-order valence-electron chi connectivity index (χ4n) is 2.43. The number of nitrogens with one attached hydrogen (secondary N) is 1. The van der Waals surface area contributed by atoms with Crippen LogP contribution in [-0.2, 0) is 13.0 Å². The Hall–Kier alpha value is -1.80. The largest absolute Gasteiger partial charge is 0.370 e. The van der Waals surface area contributed by atoms with Gasteiger partial charge in [-0.15, -0.1) is 0 Å². The van der Waals surface area contributed by atoms with Gasteiger partial charge in [0.15, 0.2) is 0 Å². The van der Waals surface area contributed by atoms with E-state index in [1.807, 2.05) is 7.05 Å². The summed E-state index contributed by atoms with van der Waals surface area (Å²) in [6, 6.07) is 17.4. The molecule has 0 aliphatic heterocycles. The summed E-state index contributed by atoms with van der Waals surface area (Å²) in [5.41, 5.74) is 5.42. The molecule has 0 unspecified atom stereocenters. The summed E-state index contributed by atoms with van der Waals surface area (Å²) in [5, 5.41) is 3.22. The molecule has 0 atom stereocenters. The van der Waals surface area contributed by atoms with Crippen LogP contribution in [-0.4, -0.2) is 20.6 Å². The van der Waals surface area contributed by atoms with Crippen LogP contribution in [0.15, 0.2) is 48.5 Å².